The SMILES string of the molecule is CCOC(=O)C(C)OC(=O)c1cc(Oc2ccc(C(F)(F)F)cc2Cl)ccc1[N+](=O)[O-].COc1cc(OC)nc(NC(=O)NS(=O)(=O)c2c(Cl)nc3ccccn23)n1. The van der Waals surface area contributed by atoms with Crippen LogP contribution in [0.4, 0.5) is 29.6 Å². The summed E-state index contributed by atoms with van der Waals surface area (Å²) < 4.78 is 91.3. The van der Waals surface area contributed by atoms with Gasteiger partial charge in [0.25, 0.3) is 15.7 Å². The zero-order chi connectivity index (χ0) is 42.9. The number of pyridine rings is 1. The fourth-order valence-corrected chi connectivity index (χ4v) is 6.25. The molecule has 19 nitrogen and oxygen atoms in total. The second kappa shape index (κ2) is 18.7. The number of amides is 2. The van der Waals surface area contributed by atoms with Crippen LogP contribution in [0.2, 0.25) is 10.2 Å². The van der Waals surface area contributed by atoms with Crippen LogP contribution >= 0.6 is 23.2 Å². The summed E-state index contributed by atoms with van der Waals surface area (Å²) in [4.78, 5) is 58.2. The number of sulfonamides is 1. The van der Waals surface area contributed by atoms with Crippen molar-refractivity contribution in [1.29, 1.82) is 0 Å². The highest BCUT2D eigenvalue weighted by atomic mass is 35.5. The Hall–Kier alpha value is -6.46. The molecule has 5 aromatic rings. The minimum atomic E-state index is -4.61. The Balaban J connectivity index is 0.000000259. The van der Waals surface area contributed by atoms with E-state index in [1.165, 1.54) is 37.8 Å². The predicted octanol–water partition coefficient (Wildman–Crippen LogP) is 6.47. The van der Waals surface area contributed by atoms with E-state index in [0.717, 1.165) is 30.3 Å². The summed E-state index contributed by atoms with van der Waals surface area (Å²) in [5.74, 6) is -2.35. The monoisotopic (exact) mass is 873 g/mol. The number of nitro groups is 1. The summed E-state index contributed by atoms with van der Waals surface area (Å²) in [5.41, 5.74) is -1.86. The number of nitrogens with zero attached hydrogens (tertiary/aromatic N) is 5. The van der Waals surface area contributed by atoms with Crippen molar-refractivity contribution in [2.75, 3.05) is 26.1 Å². The molecule has 25 heteroatoms. The van der Waals surface area contributed by atoms with Gasteiger partial charge in [0.2, 0.25) is 17.7 Å². The maximum absolute atomic E-state index is 12.8. The molecule has 2 aromatic carbocycles. The number of anilines is 1. The molecule has 2 amide bonds. The topological polar surface area (TPSA) is 242 Å². The average Bonchev–Trinajstić information content (AvgIpc) is 3.51. The molecule has 2 N–H and O–H groups in total. The molecular weight excluding hydrogens is 846 g/mol. The lowest BCUT2D eigenvalue weighted by Gasteiger charge is -2.13. The minimum absolute atomic E-state index is 0.0398. The van der Waals surface area contributed by atoms with E-state index in [1.54, 1.807) is 25.1 Å². The van der Waals surface area contributed by atoms with Gasteiger partial charge in [0.1, 0.15) is 22.7 Å². The predicted molar refractivity (Wildman–Crippen MR) is 196 cm³/mol. The van der Waals surface area contributed by atoms with E-state index in [4.69, 9.17) is 46.9 Å². The number of carbonyl (C=O) groups excluding carboxylic acids is 3. The maximum Gasteiger partial charge on any atom is 0.416 e. The van der Waals surface area contributed by atoms with Crippen LogP contribution in [-0.4, -0.2) is 77.6 Å². The lowest BCUT2D eigenvalue weighted by molar-refractivity contribution is -0.385. The quantitative estimate of drug-likeness (QED) is 0.0775. The number of nitro benzene ring substituents is 1. The molecule has 58 heavy (non-hydrogen) atoms. The third-order valence-electron chi connectivity index (χ3n) is 7.02. The third-order valence-corrected chi connectivity index (χ3v) is 9.05. The van der Waals surface area contributed by atoms with Gasteiger partial charge in [-0.1, -0.05) is 29.3 Å². The van der Waals surface area contributed by atoms with Crippen LogP contribution in [0.1, 0.15) is 29.8 Å². The van der Waals surface area contributed by atoms with Crippen molar-refractivity contribution in [3.05, 3.63) is 98.3 Å². The molecule has 5 rings (SSSR count). The second-order valence-corrected chi connectivity index (χ2v) is 13.3. The molecule has 0 spiro atoms. The highest BCUT2D eigenvalue weighted by Crippen LogP contribution is 2.37. The fourth-order valence-electron chi connectivity index (χ4n) is 4.47. The van der Waals surface area contributed by atoms with Gasteiger partial charge in [-0.15, -0.1) is 0 Å². The van der Waals surface area contributed by atoms with Crippen LogP contribution in [0.15, 0.2) is 71.9 Å². The van der Waals surface area contributed by atoms with Crippen molar-refractivity contribution in [2.45, 2.75) is 31.2 Å². The molecule has 0 radical (unpaired) electrons. The lowest BCUT2D eigenvalue weighted by atomic mass is 10.1. The number of alkyl halides is 3. The molecule has 3 aromatic heterocycles. The molecular formula is C33H28Cl2F3N7O12S. The van der Waals surface area contributed by atoms with E-state index in [9.17, 15) is 46.1 Å². The molecule has 0 saturated carbocycles. The Kier molecular flexibility index (Phi) is 14.2. The summed E-state index contributed by atoms with van der Waals surface area (Å²) in [6, 6.07) is 10.5. The molecule has 0 fully saturated rings. The summed E-state index contributed by atoms with van der Waals surface area (Å²) in [6.07, 6.45) is -4.49. The normalized spacial score (nSPS) is 11.7. The van der Waals surface area contributed by atoms with E-state index in [1.807, 2.05) is 4.72 Å². The minimum Gasteiger partial charge on any atom is -0.481 e. The molecule has 0 saturated heterocycles. The Morgan fingerprint density at radius 1 is 0.983 bits per heavy atom. The molecule has 3 heterocycles. The molecule has 1 atom stereocenters. The Bertz CT molecular complexity index is 2450. The van der Waals surface area contributed by atoms with Gasteiger partial charge >= 0.3 is 24.1 Å². The highest BCUT2D eigenvalue weighted by Gasteiger charge is 2.32. The van der Waals surface area contributed by atoms with E-state index in [0.29, 0.717) is 11.7 Å². The van der Waals surface area contributed by atoms with Crippen LogP contribution < -0.4 is 24.2 Å². The largest absolute Gasteiger partial charge is 0.481 e. The smallest absolute Gasteiger partial charge is 0.416 e. The first kappa shape index (κ1) is 44.3. The van der Waals surface area contributed by atoms with Crippen LogP contribution in [0, 0.1) is 10.1 Å². The van der Waals surface area contributed by atoms with Crippen molar-refractivity contribution in [3.8, 4) is 23.3 Å². The van der Waals surface area contributed by atoms with E-state index >= 15 is 0 Å². The Morgan fingerprint density at radius 3 is 2.24 bits per heavy atom. The molecule has 0 bridgehead atoms. The van der Waals surface area contributed by atoms with Gasteiger partial charge in [-0.3, -0.25) is 19.8 Å². The first-order chi connectivity index (χ1) is 27.3. The van der Waals surface area contributed by atoms with Gasteiger partial charge < -0.3 is 23.7 Å². The number of benzene rings is 2. The second-order valence-electron chi connectivity index (χ2n) is 11.0. The number of nitrogens with one attached hydrogen (secondary N) is 2. The number of hydrogen-bond acceptors (Lipinski definition) is 15. The van der Waals surface area contributed by atoms with E-state index in [-0.39, 0.29) is 51.0 Å². The number of aromatic nitrogens is 4. The number of ether oxygens (including phenoxy) is 5. The van der Waals surface area contributed by atoms with Crippen molar-refractivity contribution >= 4 is 68.5 Å². The van der Waals surface area contributed by atoms with E-state index in [2.05, 4.69) is 20.3 Å². The first-order valence-electron chi connectivity index (χ1n) is 15.9. The van der Waals surface area contributed by atoms with Gasteiger partial charge in [-0.25, -0.2) is 24.1 Å². The summed E-state index contributed by atoms with van der Waals surface area (Å²) in [7, 11) is -1.61. The average molecular weight is 875 g/mol. The van der Waals surface area contributed by atoms with Crippen molar-refractivity contribution in [2.24, 2.45) is 0 Å². The molecule has 0 aliphatic rings. The Labute approximate surface area is 335 Å². The number of carbonyl (C=O) groups is 3. The number of imidazole rings is 1. The van der Waals surface area contributed by atoms with Gasteiger partial charge in [0.15, 0.2) is 16.3 Å². The summed E-state index contributed by atoms with van der Waals surface area (Å²) >= 11 is 11.8. The van der Waals surface area contributed by atoms with Gasteiger partial charge in [0.05, 0.1) is 42.4 Å². The number of urea groups is 1. The fraction of sp³-hybridized carbons (Fsp3) is 0.212. The van der Waals surface area contributed by atoms with Crippen molar-refractivity contribution in [3.63, 3.8) is 0 Å². The number of halogens is 5. The van der Waals surface area contributed by atoms with Crippen LogP contribution in [0.5, 0.6) is 23.3 Å². The van der Waals surface area contributed by atoms with Crippen LogP contribution in [-0.2, 0) is 30.5 Å². The summed E-state index contributed by atoms with van der Waals surface area (Å²) in [5, 5.41) is 12.4. The first-order valence-corrected chi connectivity index (χ1v) is 18.2. The Morgan fingerprint density at radius 2 is 1.66 bits per heavy atom. The van der Waals surface area contributed by atoms with Crippen LogP contribution in [0.3, 0.4) is 0 Å². The number of esters is 2. The summed E-state index contributed by atoms with van der Waals surface area (Å²) in [6.45, 7) is 2.81. The maximum atomic E-state index is 12.8. The van der Waals surface area contributed by atoms with Gasteiger partial charge in [-0.2, -0.15) is 31.6 Å². The van der Waals surface area contributed by atoms with Crippen molar-refractivity contribution in [1.82, 2.24) is 24.1 Å². The third kappa shape index (κ3) is 11.1. The lowest BCUT2D eigenvalue weighted by Crippen LogP contribution is -2.35. The zero-order valence-corrected chi connectivity index (χ0v) is 32.4. The molecule has 1 unspecified atom stereocenters. The number of rotatable bonds is 12. The molecule has 0 aliphatic heterocycles. The van der Waals surface area contributed by atoms with Gasteiger partial charge in [-0.05, 0) is 50.2 Å². The number of methoxy groups -OCH3 is 2. The zero-order valence-electron chi connectivity index (χ0n) is 30.1. The standard InChI is InChI=1S/C19H15ClF3NO7.C14H13ClN6O5S/c1-3-29-17(25)10(2)30-18(26)13-9-12(5-6-15(13)24(27)28)31-16-7-4-11(8-14(16)20)19(21,22)23;1-25-9-7-10(26-2)18-13(17-9)19-14(22)20-27(23,24)12-11(15)16-8-5-3-4-6-21(8)12/h4-10H,3H2,1-2H3;3-7H,1-2H3,(H2,17,18,19,20,22). The van der Waals surface area contributed by atoms with Crippen LogP contribution in [0.25, 0.3) is 5.65 Å². The molecule has 308 valence electrons. The van der Waals surface area contributed by atoms with Gasteiger partial charge in [0, 0.05) is 18.3 Å². The van der Waals surface area contributed by atoms with E-state index < -0.39 is 62.0 Å². The number of hydrogen-bond donors (Lipinski definition) is 2. The number of fused-ring (bicyclic) bond motifs is 1. The molecule has 0 aliphatic carbocycles. The van der Waals surface area contributed by atoms with Crippen molar-refractivity contribution < 1.29 is 64.6 Å². The highest BCUT2D eigenvalue weighted by molar-refractivity contribution is 7.90.